The molecule has 2 heterocycles. The van der Waals surface area contributed by atoms with E-state index in [9.17, 15) is 14.3 Å². The van der Waals surface area contributed by atoms with Crippen LogP contribution in [0.5, 0.6) is 0 Å². The molecule has 2 saturated carbocycles. The highest BCUT2D eigenvalue weighted by atomic mass is 32.2. The Hall–Kier alpha value is -3.05. The number of hydrogen-bond donors (Lipinski definition) is 3. The molecular formula is C22H23N5O2S. The molecule has 0 radical (unpaired) electrons. The van der Waals surface area contributed by atoms with Crippen LogP contribution in [0.4, 0.5) is 5.69 Å². The molecular weight excluding hydrogens is 398 g/mol. The van der Waals surface area contributed by atoms with Crippen LogP contribution in [0.3, 0.4) is 0 Å². The summed E-state index contributed by atoms with van der Waals surface area (Å²) in [6, 6.07) is 9.33. The van der Waals surface area contributed by atoms with E-state index in [1.54, 1.807) is 31.6 Å². The first kappa shape index (κ1) is 18.9. The Bertz CT molecular complexity index is 1370. The first-order valence-electron chi connectivity index (χ1n) is 10.1. The number of rotatable bonds is 6. The Kier molecular flexibility index (Phi) is 4.09. The second-order valence-corrected chi connectivity index (χ2v) is 10.8. The lowest BCUT2D eigenvalue weighted by Crippen LogP contribution is -2.20. The molecule has 154 valence electrons. The lowest BCUT2D eigenvalue weighted by Gasteiger charge is -2.18. The van der Waals surface area contributed by atoms with Gasteiger partial charge < -0.3 is 14.9 Å². The molecule has 2 fully saturated rings. The molecule has 0 saturated heterocycles. The first-order chi connectivity index (χ1) is 14.4. The molecule has 0 aliphatic heterocycles. The molecule has 0 bridgehead atoms. The molecule has 5 rings (SSSR count). The van der Waals surface area contributed by atoms with Gasteiger partial charge in [0.25, 0.3) is 5.56 Å². The van der Waals surface area contributed by atoms with Crippen molar-refractivity contribution in [3.8, 4) is 17.2 Å². The zero-order chi connectivity index (χ0) is 21.1. The van der Waals surface area contributed by atoms with E-state index in [-0.39, 0.29) is 5.56 Å². The molecule has 1 atom stereocenters. The average molecular weight is 422 g/mol. The topological polar surface area (TPSA) is 115 Å². The zero-order valence-corrected chi connectivity index (χ0v) is 17.5. The number of fused-ring (bicyclic) bond motifs is 1. The molecule has 0 amide bonds. The van der Waals surface area contributed by atoms with Gasteiger partial charge in [0.1, 0.15) is 10.3 Å². The highest BCUT2D eigenvalue weighted by Crippen LogP contribution is 2.47. The summed E-state index contributed by atoms with van der Waals surface area (Å²) in [5.74, 6) is 0.665. The molecule has 2 aromatic heterocycles. The average Bonchev–Trinajstić information content (AvgIpc) is 3.67. The Labute approximate surface area is 174 Å². The van der Waals surface area contributed by atoms with Crippen molar-refractivity contribution in [3.63, 3.8) is 0 Å². The number of benzene rings is 1. The Morgan fingerprint density at radius 3 is 2.77 bits per heavy atom. The van der Waals surface area contributed by atoms with E-state index in [4.69, 9.17) is 4.78 Å². The normalized spacial score (nSPS) is 19.2. The van der Waals surface area contributed by atoms with Gasteiger partial charge in [-0.1, -0.05) is 0 Å². The number of hydrogen-bond acceptors (Lipinski definition) is 5. The number of pyridine rings is 1. The highest BCUT2D eigenvalue weighted by Gasteiger charge is 2.53. The van der Waals surface area contributed by atoms with Crippen molar-refractivity contribution in [1.29, 1.82) is 10.0 Å². The summed E-state index contributed by atoms with van der Waals surface area (Å²) in [5.41, 5.74) is 2.89. The van der Waals surface area contributed by atoms with Gasteiger partial charge in [-0.3, -0.25) is 4.79 Å². The van der Waals surface area contributed by atoms with Crippen molar-refractivity contribution < 1.29 is 4.21 Å². The Balaban J connectivity index is 1.71. The molecule has 30 heavy (non-hydrogen) atoms. The van der Waals surface area contributed by atoms with Gasteiger partial charge in [0.15, 0.2) is 0 Å². The molecule has 3 N–H and O–H groups in total. The minimum absolute atomic E-state index is 0.118. The number of nitriles is 1. The smallest absolute Gasteiger partial charge is 0.274 e. The van der Waals surface area contributed by atoms with Crippen LogP contribution >= 0.6 is 0 Å². The maximum atomic E-state index is 13.4. The summed E-state index contributed by atoms with van der Waals surface area (Å²) in [6.45, 7) is 0.854. The molecule has 1 unspecified atom stereocenters. The van der Waals surface area contributed by atoms with Gasteiger partial charge in [-0.15, -0.1) is 0 Å². The van der Waals surface area contributed by atoms with E-state index in [0.29, 0.717) is 29.2 Å². The van der Waals surface area contributed by atoms with Gasteiger partial charge in [0.2, 0.25) is 0 Å². The molecule has 0 spiro atoms. The van der Waals surface area contributed by atoms with Crippen molar-refractivity contribution in [1.82, 2.24) is 9.55 Å². The van der Waals surface area contributed by atoms with E-state index in [0.717, 1.165) is 28.7 Å². The monoisotopic (exact) mass is 421 g/mol. The van der Waals surface area contributed by atoms with E-state index in [1.807, 2.05) is 12.1 Å². The van der Waals surface area contributed by atoms with Crippen molar-refractivity contribution in [2.24, 2.45) is 13.0 Å². The summed E-state index contributed by atoms with van der Waals surface area (Å²) < 4.78 is 22.4. The first-order valence-corrected chi connectivity index (χ1v) is 11.7. The van der Waals surface area contributed by atoms with Gasteiger partial charge in [-0.05, 0) is 55.9 Å². The molecule has 8 heteroatoms. The Morgan fingerprint density at radius 2 is 2.10 bits per heavy atom. The molecule has 3 aromatic rings. The van der Waals surface area contributed by atoms with Gasteiger partial charge in [-0.2, -0.15) is 5.26 Å². The van der Waals surface area contributed by atoms with Crippen LogP contribution in [0.25, 0.3) is 22.0 Å². The number of aromatic nitrogens is 2. The third-order valence-corrected chi connectivity index (χ3v) is 8.76. The van der Waals surface area contributed by atoms with Crippen molar-refractivity contribution in [2.45, 2.75) is 35.3 Å². The lowest BCUT2D eigenvalue weighted by molar-refractivity contribution is 0.668. The number of H-pyrrole nitrogens is 1. The number of nitrogens with one attached hydrogen (secondary N) is 3. The van der Waals surface area contributed by atoms with Gasteiger partial charge in [0, 0.05) is 53.1 Å². The van der Waals surface area contributed by atoms with Crippen LogP contribution in [-0.2, 0) is 16.8 Å². The Morgan fingerprint density at radius 1 is 1.33 bits per heavy atom. The van der Waals surface area contributed by atoms with E-state index in [2.05, 4.69) is 16.4 Å². The summed E-state index contributed by atoms with van der Waals surface area (Å²) >= 11 is 0. The van der Waals surface area contributed by atoms with E-state index >= 15 is 0 Å². The number of anilines is 1. The fourth-order valence-electron chi connectivity index (χ4n) is 3.94. The third kappa shape index (κ3) is 2.84. The van der Waals surface area contributed by atoms with Crippen LogP contribution in [0.15, 0.2) is 46.3 Å². The van der Waals surface area contributed by atoms with Gasteiger partial charge >= 0.3 is 0 Å². The minimum atomic E-state index is -3.27. The van der Waals surface area contributed by atoms with Crippen molar-refractivity contribution >= 4 is 26.3 Å². The zero-order valence-electron chi connectivity index (χ0n) is 16.7. The minimum Gasteiger partial charge on any atom is -0.384 e. The standard InChI is InChI=1S/C22H23N5O2S/c1-27-12-18(16-6-9-25-20(16)21(27)28)17-10-15(30(24,29)22(13-23)7-8-22)4-5-19(17)26-11-14-2-3-14/h4-6,9-10,12,14,24-26H,2-3,7-8,11H2,1H3. The van der Waals surface area contributed by atoms with Gasteiger partial charge in [0.05, 0.1) is 15.8 Å². The highest BCUT2D eigenvalue weighted by molar-refractivity contribution is 7.94. The second-order valence-electron chi connectivity index (χ2n) is 8.42. The maximum Gasteiger partial charge on any atom is 0.274 e. The number of aromatic amines is 1. The van der Waals surface area contributed by atoms with E-state index in [1.165, 1.54) is 17.4 Å². The summed E-state index contributed by atoms with van der Waals surface area (Å²) in [7, 11) is -1.56. The van der Waals surface area contributed by atoms with Crippen LogP contribution in [-0.4, -0.2) is 25.1 Å². The molecule has 2 aliphatic carbocycles. The van der Waals surface area contributed by atoms with Crippen LogP contribution < -0.4 is 10.9 Å². The number of aryl methyl sites for hydroxylation is 1. The van der Waals surface area contributed by atoms with Crippen LogP contribution in [0.2, 0.25) is 0 Å². The lowest BCUT2D eigenvalue weighted by atomic mass is 10.0. The van der Waals surface area contributed by atoms with Crippen molar-refractivity contribution in [2.75, 3.05) is 11.9 Å². The van der Waals surface area contributed by atoms with Crippen molar-refractivity contribution in [3.05, 3.63) is 47.0 Å². The fourth-order valence-corrected chi connectivity index (χ4v) is 5.74. The second kappa shape index (κ2) is 6.47. The molecule has 2 aliphatic rings. The van der Waals surface area contributed by atoms with E-state index < -0.39 is 14.5 Å². The summed E-state index contributed by atoms with van der Waals surface area (Å²) in [4.78, 5) is 15.9. The molecule has 1 aromatic carbocycles. The summed E-state index contributed by atoms with van der Waals surface area (Å²) in [6.07, 6.45) is 6.93. The summed E-state index contributed by atoms with van der Waals surface area (Å²) in [5, 5.41) is 13.8. The predicted molar refractivity (Wildman–Crippen MR) is 117 cm³/mol. The molecule has 7 nitrogen and oxygen atoms in total. The van der Waals surface area contributed by atoms with Crippen LogP contribution in [0, 0.1) is 22.0 Å². The largest absolute Gasteiger partial charge is 0.384 e. The maximum absolute atomic E-state index is 13.4. The number of nitrogens with zero attached hydrogens (tertiary/aromatic N) is 2. The quantitative estimate of drug-likeness (QED) is 0.561. The predicted octanol–water partition coefficient (Wildman–Crippen LogP) is 3.82. The fraction of sp³-hybridized carbons (Fsp3) is 0.364. The van der Waals surface area contributed by atoms with Gasteiger partial charge in [-0.25, -0.2) is 8.99 Å². The SMILES string of the molecule is Cn1cc(-c2cc(S(=N)(=O)C3(C#N)CC3)ccc2NCC2CC2)c2cc[nH]c2c1=O. The van der Waals surface area contributed by atoms with Crippen LogP contribution in [0.1, 0.15) is 25.7 Å². The third-order valence-electron chi connectivity index (χ3n) is 6.24.